The van der Waals surface area contributed by atoms with Gasteiger partial charge in [-0.05, 0) is 43.5 Å². The van der Waals surface area contributed by atoms with E-state index in [0.29, 0.717) is 17.8 Å². The Kier molecular flexibility index (Phi) is 5.66. The number of amides is 1. The van der Waals surface area contributed by atoms with Crippen molar-refractivity contribution >= 4 is 16.8 Å². The molecule has 0 aliphatic rings. The van der Waals surface area contributed by atoms with Crippen LogP contribution in [-0.2, 0) is 24.3 Å². The van der Waals surface area contributed by atoms with Crippen LogP contribution < -0.4 is 10.9 Å². The van der Waals surface area contributed by atoms with E-state index in [-0.39, 0.29) is 18.0 Å². The minimum Gasteiger partial charge on any atom is -0.350 e. The van der Waals surface area contributed by atoms with Gasteiger partial charge in [-0.1, -0.05) is 49.4 Å². The summed E-state index contributed by atoms with van der Waals surface area (Å²) in [5, 5.41) is 12.5. The average Bonchev–Trinajstić information content (AvgIpc) is 3.14. The van der Waals surface area contributed by atoms with Crippen LogP contribution in [0.2, 0.25) is 0 Å². The molecule has 0 radical (unpaired) electrons. The molecule has 7 nitrogen and oxygen atoms in total. The number of para-hydroxylation sites is 1. The summed E-state index contributed by atoms with van der Waals surface area (Å²) < 4.78 is 2.93. The standard InChI is InChI=1S/C24H25N5O2/c1-4-18-10-12-19(13-11-18)14-25-21(30)15-28-24(31)23-22(16(2)26-28)17(3)29(27-23)20-8-6-5-7-9-20/h5-13H,4,14-15H2,1-3H3,(H,25,30). The second-order valence-electron chi connectivity index (χ2n) is 7.55. The fourth-order valence-corrected chi connectivity index (χ4v) is 3.70. The first-order chi connectivity index (χ1) is 15.0. The van der Waals surface area contributed by atoms with Crippen LogP contribution in [0.25, 0.3) is 16.6 Å². The van der Waals surface area contributed by atoms with Crippen LogP contribution in [0.1, 0.15) is 29.4 Å². The van der Waals surface area contributed by atoms with Gasteiger partial charge in [-0.2, -0.15) is 10.2 Å². The van der Waals surface area contributed by atoms with Gasteiger partial charge in [0.1, 0.15) is 6.54 Å². The van der Waals surface area contributed by atoms with Crippen molar-refractivity contribution < 1.29 is 4.79 Å². The SMILES string of the molecule is CCc1ccc(CNC(=O)Cn2nc(C)c3c(C)n(-c4ccccc4)nc3c2=O)cc1. The largest absolute Gasteiger partial charge is 0.350 e. The van der Waals surface area contributed by atoms with Gasteiger partial charge in [0.15, 0.2) is 5.52 Å². The lowest BCUT2D eigenvalue weighted by atomic mass is 10.1. The van der Waals surface area contributed by atoms with Gasteiger partial charge in [-0.3, -0.25) is 9.59 Å². The molecule has 1 N–H and O–H groups in total. The Hall–Kier alpha value is -3.74. The van der Waals surface area contributed by atoms with Gasteiger partial charge in [-0.15, -0.1) is 0 Å². The molecule has 2 aromatic carbocycles. The highest BCUT2D eigenvalue weighted by molar-refractivity contribution is 5.83. The van der Waals surface area contributed by atoms with Crippen LogP contribution in [-0.4, -0.2) is 25.5 Å². The third-order valence-corrected chi connectivity index (χ3v) is 5.40. The van der Waals surface area contributed by atoms with Crippen LogP contribution in [0.5, 0.6) is 0 Å². The zero-order valence-corrected chi connectivity index (χ0v) is 17.9. The number of rotatable bonds is 6. The first-order valence-corrected chi connectivity index (χ1v) is 10.3. The summed E-state index contributed by atoms with van der Waals surface area (Å²) in [5.74, 6) is -0.271. The summed E-state index contributed by atoms with van der Waals surface area (Å²) in [5.41, 5.74) is 4.58. The van der Waals surface area contributed by atoms with Crippen molar-refractivity contribution in [3.63, 3.8) is 0 Å². The first kappa shape index (κ1) is 20.5. The van der Waals surface area contributed by atoms with E-state index in [1.165, 1.54) is 10.2 Å². The van der Waals surface area contributed by atoms with E-state index in [1.54, 1.807) is 4.68 Å². The number of nitrogens with one attached hydrogen (secondary N) is 1. The number of carbonyl (C=O) groups excluding carboxylic acids is 1. The van der Waals surface area contributed by atoms with Crippen molar-refractivity contribution in [3.05, 3.63) is 87.5 Å². The zero-order valence-electron chi connectivity index (χ0n) is 17.9. The molecule has 2 heterocycles. The quantitative estimate of drug-likeness (QED) is 0.525. The molecule has 1 amide bonds. The van der Waals surface area contributed by atoms with E-state index in [1.807, 2.05) is 56.3 Å². The van der Waals surface area contributed by atoms with Gasteiger partial charge in [-0.25, -0.2) is 9.36 Å². The van der Waals surface area contributed by atoms with Crippen LogP contribution >= 0.6 is 0 Å². The first-order valence-electron chi connectivity index (χ1n) is 10.3. The van der Waals surface area contributed by atoms with Gasteiger partial charge < -0.3 is 5.32 Å². The van der Waals surface area contributed by atoms with E-state index in [9.17, 15) is 9.59 Å². The van der Waals surface area contributed by atoms with Crippen LogP contribution in [0, 0.1) is 13.8 Å². The fraction of sp³-hybridized carbons (Fsp3) is 0.250. The number of fused-ring (bicyclic) bond motifs is 1. The highest BCUT2D eigenvalue weighted by Crippen LogP contribution is 2.20. The second-order valence-corrected chi connectivity index (χ2v) is 7.55. The number of hydrogen-bond acceptors (Lipinski definition) is 4. The third kappa shape index (κ3) is 4.12. The maximum absolute atomic E-state index is 13.0. The molecular weight excluding hydrogens is 390 g/mol. The van der Waals surface area contributed by atoms with Crippen molar-refractivity contribution in [2.75, 3.05) is 0 Å². The molecule has 0 unspecified atom stereocenters. The molecule has 2 aromatic heterocycles. The van der Waals surface area contributed by atoms with Gasteiger partial charge in [0.2, 0.25) is 5.91 Å². The molecule has 0 bridgehead atoms. The van der Waals surface area contributed by atoms with Crippen molar-refractivity contribution in [3.8, 4) is 5.69 Å². The number of hydrogen-bond donors (Lipinski definition) is 1. The van der Waals surface area contributed by atoms with Crippen molar-refractivity contribution in [2.45, 2.75) is 40.3 Å². The lowest BCUT2D eigenvalue weighted by Gasteiger charge is -2.08. The van der Waals surface area contributed by atoms with E-state index < -0.39 is 0 Å². The van der Waals surface area contributed by atoms with E-state index in [4.69, 9.17) is 0 Å². The van der Waals surface area contributed by atoms with Crippen LogP contribution in [0.15, 0.2) is 59.4 Å². The number of benzene rings is 2. The number of carbonyl (C=O) groups is 1. The molecule has 4 aromatic rings. The predicted octanol–water partition coefficient (Wildman–Crippen LogP) is 3.08. The molecule has 158 valence electrons. The molecule has 0 aliphatic heterocycles. The number of aromatic nitrogens is 4. The molecule has 7 heteroatoms. The minimum absolute atomic E-state index is 0.153. The van der Waals surface area contributed by atoms with E-state index >= 15 is 0 Å². The molecule has 0 atom stereocenters. The van der Waals surface area contributed by atoms with Crippen LogP contribution in [0.4, 0.5) is 0 Å². The monoisotopic (exact) mass is 415 g/mol. The summed E-state index contributed by atoms with van der Waals surface area (Å²) >= 11 is 0. The van der Waals surface area contributed by atoms with Gasteiger partial charge in [0, 0.05) is 6.54 Å². The lowest BCUT2D eigenvalue weighted by Crippen LogP contribution is -2.34. The normalized spacial score (nSPS) is 11.1. The Balaban J connectivity index is 1.57. The van der Waals surface area contributed by atoms with Crippen molar-refractivity contribution in [1.29, 1.82) is 0 Å². The zero-order chi connectivity index (χ0) is 22.0. The van der Waals surface area contributed by atoms with Gasteiger partial charge in [0.05, 0.1) is 22.5 Å². The molecule has 0 fully saturated rings. The minimum atomic E-state index is -0.374. The Morgan fingerprint density at radius 3 is 2.32 bits per heavy atom. The summed E-state index contributed by atoms with van der Waals surface area (Å²) in [6.07, 6.45) is 0.975. The average molecular weight is 415 g/mol. The Bertz CT molecular complexity index is 1290. The highest BCUT2D eigenvalue weighted by Gasteiger charge is 2.18. The smallest absolute Gasteiger partial charge is 0.295 e. The Morgan fingerprint density at radius 2 is 1.65 bits per heavy atom. The van der Waals surface area contributed by atoms with Crippen molar-refractivity contribution in [2.24, 2.45) is 0 Å². The maximum Gasteiger partial charge on any atom is 0.295 e. The van der Waals surface area contributed by atoms with Gasteiger partial charge in [0.25, 0.3) is 5.56 Å². The van der Waals surface area contributed by atoms with Crippen molar-refractivity contribution in [1.82, 2.24) is 24.9 Å². The van der Waals surface area contributed by atoms with Gasteiger partial charge >= 0.3 is 0 Å². The predicted molar refractivity (Wildman–Crippen MR) is 120 cm³/mol. The lowest BCUT2D eigenvalue weighted by molar-refractivity contribution is -0.122. The molecule has 0 saturated heterocycles. The molecular formula is C24H25N5O2. The van der Waals surface area contributed by atoms with Crippen LogP contribution in [0.3, 0.4) is 0 Å². The molecule has 31 heavy (non-hydrogen) atoms. The van der Waals surface area contributed by atoms with E-state index in [0.717, 1.165) is 28.8 Å². The summed E-state index contributed by atoms with van der Waals surface area (Å²) in [4.78, 5) is 25.5. The maximum atomic E-state index is 13.0. The number of aryl methyl sites for hydroxylation is 3. The summed E-state index contributed by atoms with van der Waals surface area (Å²) in [7, 11) is 0. The number of nitrogens with zero attached hydrogens (tertiary/aromatic N) is 4. The molecule has 4 rings (SSSR count). The highest BCUT2D eigenvalue weighted by atomic mass is 16.2. The Labute approximate surface area is 180 Å². The molecule has 0 spiro atoms. The fourth-order valence-electron chi connectivity index (χ4n) is 3.70. The third-order valence-electron chi connectivity index (χ3n) is 5.40. The second kappa shape index (κ2) is 8.55. The Morgan fingerprint density at radius 1 is 0.968 bits per heavy atom. The molecule has 0 aliphatic carbocycles. The summed E-state index contributed by atoms with van der Waals surface area (Å²) in [6, 6.07) is 17.7. The summed E-state index contributed by atoms with van der Waals surface area (Å²) in [6.45, 7) is 6.10. The van der Waals surface area contributed by atoms with E-state index in [2.05, 4.69) is 34.6 Å². The topological polar surface area (TPSA) is 81.8 Å². The molecule has 0 saturated carbocycles.